The normalized spacial score (nSPS) is 24.0. The number of aliphatic hydroxyl groups is 1. The number of aryl methyl sites for hydroxylation is 2. The molecule has 2 atom stereocenters. The molecule has 2 aromatic carbocycles. The van der Waals surface area contributed by atoms with Gasteiger partial charge in [0.1, 0.15) is 0 Å². The van der Waals surface area contributed by atoms with Gasteiger partial charge in [-0.05, 0) is 98.3 Å². The van der Waals surface area contributed by atoms with E-state index in [9.17, 15) is 5.11 Å². The van der Waals surface area contributed by atoms with Gasteiger partial charge in [-0.25, -0.2) is 0 Å². The van der Waals surface area contributed by atoms with E-state index in [1.807, 2.05) is 18.2 Å². The quantitative estimate of drug-likeness (QED) is 0.603. The average molecular weight is 418 g/mol. The lowest BCUT2D eigenvalue weighted by Gasteiger charge is -2.35. The topological polar surface area (TPSA) is 23.5 Å². The van der Waals surface area contributed by atoms with Crippen molar-refractivity contribution < 1.29 is 5.11 Å². The molecule has 0 amide bonds. The van der Waals surface area contributed by atoms with E-state index in [4.69, 9.17) is 23.2 Å². The van der Waals surface area contributed by atoms with Crippen molar-refractivity contribution in [3.63, 3.8) is 0 Å². The Bertz CT molecular complexity index is 809. The van der Waals surface area contributed by atoms with Crippen LogP contribution in [-0.2, 0) is 6.42 Å². The first-order valence-corrected chi connectivity index (χ1v) is 11.2. The Morgan fingerprint density at radius 1 is 0.964 bits per heavy atom. The van der Waals surface area contributed by atoms with Crippen molar-refractivity contribution in [1.29, 1.82) is 0 Å². The van der Waals surface area contributed by atoms with Crippen LogP contribution in [0.2, 0.25) is 10.0 Å². The maximum Gasteiger partial charge on any atom is 0.0798 e. The Labute approximate surface area is 178 Å². The van der Waals surface area contributed by atoms with E-state index in [2.05, 4.69) is 30.0 Å². The molecule has 4 heteroatoms. The van der Waals surface area contributed by atoms with Gasteiger partial charge in [-0.3, -0.25) is 0 Å². The standard InChI is InChI=1S/C24H29Cl2NO/c1-16-4-2-5-18-9-8-17(14-22(28)23(16)18)15-27-12-10-19(11-13-27)24-20(25)6-3-7-21(24)26/h2-7,17,19,22,28H,8-15H2,1H3/t17-,22+/m0/s1. The maximum absolute atomic E-state index is 10.8. The number of hydrogen-bond acceptors (Lipinski definition) is 2. The number of halogens is 2. The summed E-state index contributed by atoms with van der Waals surface area (Å²) >= 11 is 12.8. The van der Waals surface area contributed by atoms with Gasteiger partial charge in [-0.15, -0.1) is 0 Å². The van der Waals surface area contributed by atoms with E-state index in [1.165, 1.54) is 16.7 Å². The van der Waals surface area contributed by atoms with Gasteiger partial charge < -0.3 is 10.0 Å². The Morgan fingerprint density at radius 3 is 2.36 bits per heavy atom. The van der Waals surface area contributed by atoms with Crippen molar-refractivity contribution in [3.8, 4) is 0 Å². The number of benzene rings is 2. The molecule has 0 saturated carbocycles. The van der Waals surface area contributed by atoms with Crippen LogP contribution in [0, 0.1) is 12.8 Å². The van der Waals surface area contributed by atoms with Crippen molar-refractivity contribution in [1.82, 2.24) is 4.90 Å². The summed E-state index contributed by atoms with van der Waals surface area (Å²) in [5, 5.41) is 12.4. The highest BCUT2D eigenvalue weighted by atomic mass is 35.5. The summed E-state index contributed by atoms with van der Waals surface area (Å²) in [4.78, 5) is 2.57. The number of fused-ring (bicyclic) bond motifs is 1. The summed E-state index contributed by atoms with van der Waals surface area (Å²) in [7, 11) is 0. The van der Waals surface area contributed by atoms with Crippen LogP contribution in [0.1, 0.15) is 60.0 Å². The number of aliphatic hydroxyl groups excluding tert-OH is 1. The van der Waals surface area contributed by atoms with Crippen LogP contribution in [0.5, 0.6) is 0 Å². The number of likely N-dealkylation sites (tertiary alicyclic amines) is 1. The summed E-state index contributed by atoms with van der Waals surface area (Å²) in [6.45, 7) is 5.34. The van der Waals surface area contributed by atoms with Crippen molar-refractivity contribution in [2.45, 2.75) is 51.0 Å². The third kappa shape index (κ3) is 4.26. The molecule has 1 aliphatic carbocycles. The van der Waals surface area contributed by atoms with E-state index in [-0.39, 0.29) is 6.10 Å². The van der Waals surface area contributed by atoms with E-state index >= 15 is 0 Å². The van der Waals surface area contributed by atoms with Gasteiger partial charge in [0.15, 0.2) is 0 Å². The first-order chi connectivity index (χ1) is 13.5. The van der Waals surface area contributed by atoms with Gasteiger partial charge in [0, 0.05) is 16.6 Å². The monoisotopic (exact) mass is 417 g/mol. The number of piperidine rings is 1. The molecule has 28 heavy (non-hydrogen) atoms. The lowest BCUT2D eigenvalue weighted by atomic mass is 9.88. The molecule has 2 nitrogen and oxygen atoms in total. The SMILES string of the molecule is Cc1cccc2c1[C@H](O)C[C@@H](CN1CCC(c3c(Cl)cccc3Cl)CC1)CC2. The summed E-state index contributed by atoms with van der Waals surface area (Å²) in [6, 6.07) is 12.2. The van der Waals surface area contributed by atoms with E-state index in [0.29, 0.717) is 11.8 Å². The first kappa shape index (κ1) is 20.2. The molecular weight excluding hydrogens is 389 g/mol. The van der Waals surface area contributed by atoms with Crippen LogP contribution < -0.4 is 0 Å². The Hall–Kier alpha value is -1.06. The van der Waals surface area contributed by atoms with Crippen LogP contribution >= 0.6 is 23.2 Å². The highest BCUT2D eigenvalue weighted by Gasteiger charge is 2.28. The maximum atomic E-state index is 10.8. The summed E-state index contributed by atoms with van der Waals surface area (Å²) in [6.07, 6.45) is 4.96. The molecular formula is C24H29Cl2NO. The van der Waals surface area contributed by atoms with E-state index < -0.39 is 0 Å². The molecule has 0 spiro atoms. The molecule has 0 aromatic heterocycles. The Morgan fingerprint density at radius 2 is 1.64 bits per heavy atom. The highest BCUT2D eigenvalue weighted by molar-refractivity contribution is 6.36. The van der Waals surface area contributed by atoms with Gasteiger partial charge in [0.25, 0.3) is 0 Å². The Balaban J connectivity index is 1.36. The van der Waals surface area contributed by atoms with Crippen molar-refractivity contribution in [2.75, 3.05) is 19.6 Å². The minimum absolute atomic E-state index is 0.330. The van der Waals surface area contributed by atoms with E-state index in [0.717, 1.165) is 67.3 Å². The molecule has 2 aliphatic rings. The first-order valence-electron chi connectivity index (χ1n) is 10.5. The molecule has 4 rings (SSSR count). The molecule has 0 bridgehead atoms. The second-order valence-electron chi connectivity index (χ2n) is 8.51. The van der Waals surface area contributed by atoms with Gasteiger partial charge in [0.05, 0.1) is 6.10 Å². The molecule has 2 aromatic rings. The molecule has 0 radical (unpaired) electrons. The summed E-state index contributed by atoms with van der Waals surface area (Å²) < 4.78 is 0. The fraction of sp³-hybridized carbons (Fsp3) is 0.500. The number of rotatable bonds is 3. The van der Waals surface area contributed by atoms with Crippen molar-refractivity contribution in [2.24, 2.45) is 5.92 Å². The lowest BCUT2D eigenvalue weighted by molar-refractivity contribution is 0.116. The zero-order valence-electron chi connectivity index (χ0n) is 16.5. The van der Waals surface area contributed by atoms with Gasteiger partial charge in [0.2, 0.25) is 0 Å². The van der Waals surface area contributed by atoms with Gasteiger partial charge >= 0.3 is 0 Å². The minimum atomic E-state index is -0.330. The second-order valence-corrected chi connectivity index (χ2v) is 9.33. The molecule has 1 heterocycles. The van der Waals surface area contributed by atoms with Gasteiger partial charge in [-0.1, -0.05) is 47.5 Å². The third-order valence-electron chi connectivity index (χ3n) is 6.64. The zero-order valence-corrected chi connectivity index (χ0v) is 18.0. The lowest BCUT2D eigenvalue weighted by Crippen LogP contribution is -2.37. The minimum Gasteiger partial charge on any atom is -0.388 e. The molecule has 1 aliphatic heterocycles. The van der Waals surface area contributed by atoms with Crippen LogP contribution in [0.25, 0.3) is 0 Å². The summed E-state index contributed by atoms with van der Waals surface area (Å²) in [5.74, 6) is 0.992. The van der Waals surface area contributed by atoms with Crippen LogP contribution in [0.4, 0.5) is 0 Å². The Kier molecular flexibility index (Phi) is 6.32. The fourth-order valence-electron chi connectivity index (χ4n) is 5.18. The van der Waals surface area contributed by atoms with E-state index in [1.54, 1.807) is 0 Å². The fourth-order valence-corrected chi connectivity index (χ4v) is 5.89. The van der Waals surface area contributed by atoms with Crippen molar-refractivity contribution >= 4 is 23.2 Å². The molecule has 0 unspecified atom stereocenters. The van der Waals surface area contributed by atoms with Gasteiger partial charge in [-0.2, -0.15) is 0 Å². The molecule has 150 valence electrons. The largest absolute Gasteiger partial charge is 0.388 e. The van der Waals surface area contributed by atoms with Crippen LogP contribution in [0.3, 0.4) is 0 Å². The second kappa shape index (κ2) is 8.75. The van der Waals surface area contributed by atoms with Crippen LogP contribution in [-0.4, -0.2) is 29.6 Å². The molecule has 1 fully saturated rings. The number of hydrogen-bond donors (Lipinski definition) is 1. The predicted molar refractivity (Wildman–Crippen MR) is 117 cm³/mol. The zero-order chi connectivity index (χ0) is 19.7. The average Bonchev–Trinajstić information content (AvgIpc) is 2.82. The third-order valence-corrected chi connectivity index (χ3v) is 7.30. The molecule has 1 saturated heterocycles. The number of nitrogens with zero attached hydrogens (tertiary/aromatic N) is 1. The summed E-state index contributed by atoms with van der Waals surface area (Å²) in [5.41, 5.74) is 4.86. The van der Waals surface area contributed by atoms with Crippen LogP contribution in [0.15, 0.2) is 36.4 Å². The predicted octanol–water partition coefficient (Wildman–Crippen LogP) is 6.17. The highest BCUT2D eigenvalue weighted by Crippen LogP contribution is 2.39. The molecule has 1 N–H and O–H groups in total. The smallest absolute Gasteiger partial charge is 0.0798 e. The van der Waals surface area contributed by atoms with Crippen molar-refractivity contribution in [3.05, 3.63) is 68.7 Å².